The van der Waals surface area contributed by atoms with Crippen molar-refractivity contribution in [2.45, 2.75) is 18.6 Å². The van der Waals surface area contributed by atoms with Gasteiger partial charge in [-0.3, -0.25) is 4.79 Å². The molecule has 0 spiro atoms. The van der Waals surface area contributed by atoms with Gasteiger partial charge in [0.05, 0.1) is 22.0 Å². The number of piperidine rings is 1. The third-order valence-corrected chi connectivity index (χ3v) is 5.92. The molecule has 0 amide bonds. The maximum atomic E-state index is 14.4. The molecule has 0 bridgehead atoms. The fourth-order valence-corrected chi connectivity index (χ4v) is 4.18. The minimum atomic E-state index is -1.06. The summed E-state index contributed by atoms with van der Waals surface area (Å²) in [5, 5.41) is 6.96. The number of ether oxygens (including phenoxy) is 1. The van der Waals surface area contributed by atoms with Crippen LogP contribution in [0.25, 0.3) is 11.0 Å². The molecule has 1 aliphatic heterocycles. The van der Waals surface area contributed by atoms with Crippen LogP contribution in [0, 0.1) is 0 Å². The minimum absolute atomic E-state index is 0.260. The molecule has 3 heterocycles. The van der Waals surface area contributed by atoms with Crippen LogP contribution in [0.3, 0.4) is 0 Å². The van der Waals surface area contributed by atoms with E-state index in [2.05, 4.69) is 25.6 Å². The molecule has 5 rings (SSSR count). The van der Waals surface area contributed by atoms with Gasteiger partial charge in [0.15, 0.2) is 5.78 Å². The molecule has 7 nitrogen and oxygen atoms in total. The van der Waals surface area contributed by atoms with Crippen LogP contribution in [0.4, 0.5) is 10.2 Å². The number of hydrogen-bond acceptors (Lipinski definition) is 6. The molecule has 9 heteroatoms. The molecule has 2 atom stereocenters. The van der Waals surface area contributed by atoms with Crippen LogP contribution >= 0.6 is 11.6 Å². The van der Waals surface area contributed by atoms with Gasteiger partial charge >= 0.3 is 0 Å². The first-order valence-electron chi connectivity index (χ1n) is 10.6. The zero-order valence-corrected chi connectivity index (χ0v) is 18.3. The van der Waals surface area contributed by atoms with Crippen molar-refractivity contribution in [1.29, 1.82) is 0 Å². The number of carbonyl (C=O) groups is 1. The molecule has 2 aromatic heterocycles. The Bertz CT molecular complexity index is 1300. The second-order valence-corrected chi connectivity index (χ2v) is 8.20. The topological polar surface area (TPSA) is 91.9 Å². The summed E-state index contributed by atoms with van der Waals surface area (Å²) in [4.78, 5) is 24.9. The van der Waals surface area contributed by atoms with Crippen molar-refractivity contribution in [3.8, 4) is 11.5 Å². The van der Waals surface area contributed by atoms with Crippen molar-refractivity contribution >= 4 is 34.2 Å². The van der Waals surface area contributed by atoms with Crippen molar-refractivity contribution in [2.75, 3.05) is 18.4 Å². The molecular formula is C24H21ClFN5O2. The van der Waals surface area contributed by atoms with Gasteiger partial charge in [-0.2, -0.15) is 0 Å². The average Bonchev–Trinajstić information content (AvgIpc) is 3.26. The van der Waals surface area contributed by atoms with Crippen LogP contribution in [-0.4, -0.2) is 46.0 Å². The Kier molecular flexibility index (Phi) is 5.93. The number of hydrogen-bond donors (Lipinski definition) is 3. The fourth-order valence-electron chi connectivity index (χ4n) is 3.92. The largest absolute Gasteiger partial charge is 0.457 e. The second kappa shape index (κ2) is 9.17. The normalized spacial score (nSPS) is 18.2. The van der Waals surface area contributed by atoms with E-state index in [-0.39, 0.29) is 17.4 Å². The Morgan fingerprint density at radius 1 is 1.12 bits per heavy atom. The maximum Gasteiger partial charge on any atom is 0.196 e. The van der Waals surface area contributed by atoms with E-state index in [1.807, 2.05) is 30.3 Å². The van der Waals surface area contributed by atoms with E-state index < -0.39 is 12.2 Å². The van der Waals surface area contributed by atoms with Crippen molar-refractivity contribution < 1.29 is 13.9 Å². The standard InChI is InChI=1S/C24H21ClFN5O2/c25-18-10-15(33-14-4-2-1-3-5-14)6-7-16(18)22(32)17-11-28-23-21(17)24(30-13-29-23)31-20-8-9-27-12-19(20)26/h1-7,10-11,13,19-20,27H,8-9,12H2,(H2,28,29,30,31). The first kappa shape index (κ1) is 21.4. The van der Waals surface area contributed by atoms with E-state index in [9.17, 15) is 9.18 Å². The number of aromatic amines is 1. The fraction of sp³-hybridized carbons (Fsp3) is 0.208. The SMILES string of the molecule is O=C(c1ccc(Oc2ccccc2)cc1Cl)c1c[nH]c2ncnc(NC3CCNCC3F)c12. The van der Waals surface area contributed by atoms with Gasteiger partial charge in [0, 0.05) is 24.4 Å². The molecule has 0 aliphatic carbocycles. The van der Waals surface area contributed by atoms with Gasteiger partial charge in [-0.1, -0.05) is 29.8 Å². The number of anilines is 1. The zero-order chi connectivity index (χ0) is 22.8. The van der Waals surface area contributed by atoms with Gasteiger partial charge in [0.1, 0.15) is 35.5 Å². The third-order valence-electron chi connectivity index (χ3n) is 5.61. The van der Waals surface area contributed by atoms with Gasteiger partial charge in [-0.25, -0.2) is 14.4 Å². The van der Waals surface area contributed by atoms with E-state index in [4.69, 9.17) is 16.3 Å². The highest BCUT2D eigenvalue weighted by atomic mass is 35.5. The molecule has 33 heavy (non-hydrogen) atoms. The highest BCUT2D eigenvalue weighted by Crippen LogP contribution is 2.31. The molecular weight excluding hydrogens is 445 g/mol. The van der Waals surface area contributed by atoms with E-state index >= 15 is 0 Å². The first-order chi connectivity index (χ1) is 16.1. The summed E-state index contributed by atoms with van der Waals surface area (Å²) < 4.78 is 20.2. The zero-order valence-electron chi connectivity index (χ0n) is 17.5. The molecule has 1 aliphatic rings. The summed E-state index contributed by atoms with van der Waals surface area (Å²) >= 11 is 6.46. The predicted octanol–water partition coefficient (Wildman–Crippen LogP) is 4.75. The first-order valence-corrected chi connectivity index (χ1v) is 11.0. The lowest BCUT2D eigenvalue weighted by molar-refractivity contribution is 0.104. The van der Waals surface area contributed by atoms with E-state index in [0.29, 0.717) is 52.4 Å². The van der Waals surface area contributed by atoms with Gasteiger partial charge in [-0.05, 0) is 37.2 Å². The smallest absolute Gasteiger partial charge is 0.196 e. The summed E-state index contributed by atoms with van der Waals surface area (Å²) in [6, 6.07) is 13.8. The summed E-state index contributed by atoms with van der Waals surface area (Å²) in [6.07, 6.45) is 2.50. The monoisotopic (exact) mass is 465 g/mol. The number of alkyl halides is 1. The lowest BCUT2D eigenvalue weighted by Crippen LogP contribution is -2.45. The summed E-state index contributed by atoms with van der Waals surface area (Å²) in [7, 11) is 0. The van der Waals surface area contributed by atoms with E-state index in [1.54, 1.807) is 24.4 Å². The lowest BCUT2D eigenvalue weighted by atomic mass is 10.0. The van der Waals surface area contributed by atoms with Crippen molar-refractivity contribution in [3.05, 3.63) is 77.2 Å². The Hall–Kier alpha value is -3.49. The summed E-state index contributed by atoms with van der Waals surface area (Å²) in [6.45, 7) is 0.982. The second-order valence-electron chi connectivity index (χ2n) is 7.79. The highest BCUT2D eigenvalue weighted by Gasteiger charge is 2.27. The molecule has 168 valence electrons. The Labute approximate surface area is 194 Å². The number of fused-ring (bicyclic) bond motifs is 1. The number of para-hydroxylation sites is 1. The maximum absolute atomic E-state index is 14.4. The van der Waals surface area contributed by atoms with E-state index in [1.165, 1.54) is 6.33 Å². The van der Waals surface area contributed by atoms with Crippen LogP contribution < -0.4 is 15.4 Å². The quantitative estimate of drug-likeness (QED) is 0.356. The minimum Gasteiger partial charge on any atom is -0.457 e. The van der Waals surface area contributed by atoms with E-state index in [0.717, 1.165) is 0 Å². The predicted molar refractivity (Wildman–Crippen MR) is 125 cm³/mol. The molecule has 1 fully saturated rings. The Balaban J connectivity index is 1.45. The van der Waals surface area contributed by atoms with Gasteiger partial charge in [-0.15, -0.1) is 0 Å². The number of nitrogens with zero attached hydrogens (tertiary/aromatic N) is 2. The lowest BCUT2D eigenvalue weighted by Gasteiger charge is -2.28. The van der Waals surface area contributed by atoms with Crippen molar-refractivity contribution in [3.63, 3.8) is 0 Å². The molecule has 0 radical (unpaired) electrons. The van der Waals surface area contributed by atoms with Crippen LogP contribution in [0.1, 0.15) is 22.3 Å². The van der Waals surface area contributed by atoms with Crippen molar-refractivity contribution in [2.24, 2.45) is 0 Å². The molecule has 2 unspecified atom stereocenters. The number of benzene rings is 2. The molecule has 1 saturated heterocycles. The van der Waals surface area contributed by atoms with Crippen LogP contribution in [-0.2, 0) is 0 Å². The van der Waals surface area contributed by atoms with Crippen LogP contribution in [0.15, 0.2) is 61.1 Å². The molecule has 0 saturated carbocycles. The molecule has 2 aromatic carbocycles. The number of aromatic nitrogens is 3. The summed E-state index contributed by atoms with van der Waals surface area (Å²) in [5.74, 6) is 1.31. The van der Waals surface area contributed by atoms with Gasteiger partial charge in [0.2, 0.25) is 0 Å². The van der Waals surface area contributed by atoms with Crippen LogP contribution in [0.5, 0.6) is 11.5 Å². The van der Waals surface area contributed by atoms with Gasteiger partial charge < -0.3 is 20.4 Å². The third kappa shape index (κ3) is 4.40. The van der Waals surface area contributed by atoms with Crippen molar-refractivity contribution in [1.82, 2.24) is 20.3 Å². The Morgan fingerprint density at radius 3 is 2.76 bits per heavy atom. The van der Waals surface area contributed by atoms with Gasteiger partial charge in [0.25, 0.3) is 0 Å². The number of halogens is 2. The average molecular weight is 466 g/mol. The van der Waals surface area contributed by atoms with Crippen LogP contribution in [0.2, 0.25) is 5.02 Å². The highest BCUT2D eigenvalue weighted by molar-refractivity contribution is 6.35. The molecule has 4 aromatic rings. The molecule has 3 N–H and O–H groups in total. The number of rotatable bonds is 6. The number of carbonyl (C=O) groups excluding carboxylic acids is 1. The Morgan fingerprint density at radius 2 is 1.97 bits per heavy atom. The number of H-pyrrole nitrogens is 1. The number of ketones is 1. The number of nitrogens with one attached hydrogen (secondary N) is 3. The summed E-state index contributed by atoms with van der Waals surface area (Å²) in [5.41, 5.74) is 1.16.